The standard InChI is InChI=1S/C17H11Cl2F3N2O4/c18-12-5-4-11(7-13(12)19)23-14(25)8-28-15(26)9-2-1-3-10(6-9)24-16(27)17(20,21)22/h1-7H,8H2,(H,23,25)(H,24,27). The first-order valence-corrected chi connectivity index (χ1v) is 8.22. The summed E-state index contributed by atoms with van der Waals surface area (Å²) in [5.74, 6) is -3.82. The van der Waals surface area contributed by atoms with Gasteiger partial charge in [-0.2, -0.15) is 13.2 Å². The highest BCUT2D eigenvalue weighted by Crippen LogP contribution is 2.25. The summed E-state index contributed by atoms with van der Waals surface area (Å²) >= 11 is 11.6. The van der Waals surface area contributed by atoms with Gasteiger partial charge in [0, 0.05) is 11.4 Å². The van der Waals surface area contributed by atoms with E-state index in [1.54, 1.807) is 5.32 Å². The second-order valence-corrected chi connectivity index (χ2v) is 6.10. The van der Waals surface area contributed by atoms with Crippen LogP contribution >= 0.6 is 23.2 Å². The monoisotopic (exact) mass is 434 g/mol. The molecule has 6 nitrogen and oxygen atoms in total. The summed E-state index contributed by atoms with van der Waals surface area (Å²) in [4.78, 5) is 34.7. The molecule has 11 heteroatoms. The number of halogens is 5. The first-order valence-electron chi connectivity index (χ1n) is 7.46. The molecule has 0 spiro atoms. The van der Waals surface area contributed by atoms with Crippen LogP contribution < -0.4 is 10.6 Å². The predicted molar refractivity (Wildman–Crippen MR) is 96.5 cm³/mol. The zero-order valence-electron chi connectivity index (χ0n) is 13.8. The lowest BCUT2D eigenvalue weighted by Gasteiger charge is -2.10. The fourth-order valence-electron chi connectivity index (χ4n) is 1.91. The van der Waals surface area contributed by atoms with E-state index in [0.717, 1.165) is 12.1 Å². The Hall–Kier alpha value is -2.78. The predicted octanol–water partition coefficient (Wildman–Crippen LogP) is 4.29. The van der Waals surface area contributed by atoms with Gasteiger partial charge in [-0.25, -0.2) is 4.79 Å². The number of hydrogen-bond acceptors (Lipinski definition) is 4. The van der Waals surface area contributed by atoms with Crippen LogP contribution in [-0.4, -0.2) is 30.6 Å². The van der Waals surface area contributed by atoms with Crippen LogP contribution in [0, 0.1) is 0 Å². The summed E-state index contributed by atoms with van der Waals surface area (Å²) in [5.41, 5.74) is -0.0772. The highest BCUT2D eigenvalue weighted by Gasteiger charge is 2.38. The third-order valence-corrected chi connectivity index (χ3v) is 3.89. The van der Waals surface area contributed by atoms with E-state index in [4.69, 9.17) is 27.9 Å². The molecule has 0 fully saturated rings. The number of esters is 1. The first kappa shape index (κ1) is 21.5. The highest BCUT2D eigenvalue weighted by molar-refractivity contribution is 6.42. The average Bonchev–Trinajstić information content (AvgIpc) is 2.62. The number of ether oxygens (including phenoxy) is 1. The van der Waals surface area contributed by atoms with E-state index in [1.165, 1.54) is 30.3 Å². The van der Waals surface area contributed by atoms with E-state index in [0.29, 0.717) is 10.7 Å². The van der Waals surface area contributed by atoms with Crippen molar-refractivity contribution in [3.63, 3.8) is 0 Å². The first-order chi connectivity index (χ1) is 13.1. The summed E-state index contributed by atoms with van der Waals surface area (Å²) in [6, 6.07) is 9.00. The SMILES string of the molecule is O=C(COC(=O)c1cccc(NC(=O)C(F)(F)F)c1)Nc1ccc(Cl)c(Cl)c1. The summed E-state index contributed by atoms with van der Waals surface area (Å²) < 4.78 is 41.6. The fourth-order valence-corrected chi connectivity index (χ4v) is 2.21. The van der Waals surface area contributed by atoms with E-state index >= 15 is 0 Å². The van der Waals surface area contributed by atoms with Gasteiger partial charge in [-0.15, -0.1) is 0 Å². The zero-order valence-corrected chi connectivity index (χ0v) is 15.3. The van der Waals surface area contributed by atoms with Crippen molar-refractivity contribution in [3.05, 3.63) is 58.1 Å². The summed E-state index contributed by atoms with van der Waals surface area (Å²) in [7, 11) is 0. The zero-order chi connectivity index (χ0) is 20.9. The molecule has 2 amide bonds. The minimum atomic E-state index is -5.07. The Bertz CT molecular complexity index is 920. The Balaban J connectivity index is 1.93. The second-order valence-electron chi connectivity index (χ2n) is 5.29. The quantitative estimate of drug-likeness (QED) is 0.687. The molecule has 0 atom stereocenters. The highest BCUT2D eigenvalue weighted by atomic mass is 35.5. The average molecular weight is 435 g/mol. The molecule has 2 aromatic carbocycles. The molecule has 0 bridgehead atoms. The molecule has 0 saturated heterocycles. The van der Waals surface area contributed by atoms with Crippen LogP contribution in [0.2, 0.25) is 10.0 Å². The molecule has 28 heavy (non-hydrogen) atoms. The van der Waals surface area contributed by atoms with Crippen molar-refractivity contribution in [2.24, 2.45) is 0 Å². The van der Waals surface area contributed by atoms with Crippen LogP contribution in [0.15, 0.2) is 42.5 Å². The van der Waals surface area contributed by atoms with Crippen LogP contribution in [-0.2, 0) is 14.3 Å². The molecule has 0 unspecified atom stereocenters. The molecular weight excluding hydrogens is 424 g/mol. The number of benzene rings is 2. The van der Waals surface area contributed by atoms with Crippen molar-refractivity contribution >= 4 is 52.4 Å². The van der Waals surface area contributed by atoms with E-state index in [-0.39, 0.29) is 16.3 Å². The Labute approximate surface area is 166 Å². The van der Waals surface area contributed by atoms with Crippen LogP contribution in [0.25, 0.3) is 0 Å². The van der Waals surface area contributed by atoms with Gasteiger partial charge >= 0.3 is 18.1 Å². The van der Waals surface area contributed by atoms with Gasteiger partial charge in [0.15, 0.2) is 6.61 Å². The number of carbonyl (C=O) groups is 3. The van der Waals surface area contributed by atoms with Gasteiger partial charge in [0.2, 0.25) is 0 Å². The number of amides is 2. The third-order valence-electron chi connectivity index (χ3n) is 3.15. The van der Waals surface area contributed by atoms with Gasteiger partial charge in [0.05, 0.1) is 15.6 Å². The normalized spacial score (nSPS) is 10.9. The molecule has 148 valence electrons. The number of carbonyl (C=O) groups excluding carboxylic acids is 3. The molecule has 0 aliphatic heterocycles. The largest absolute Gasteiger partial charge is 0.471 e. The molecule has 2 aromatic rings. The minimum absolute atomic E-state index is 0.151. The van der Waals surface area contributed by atoms with Crippen molar-refractivity contribution in [2.45, 2.75) is 6.18 Å². The summed E-state index contributed by atoms with van der Waals surface area (Å²) in [5, 5.41) is 4.55. The lowest BCUT2D eigenvalue weighted by Crippen LogP contribution is -2.30. The maximum Gasteiger partial charge on any atom is 0.471 e. The fraction of sp³-hybridized carbons (Fsp3) is 0.118. The molecule has 2 N–H and O–H groups in total. The summed E-state index contributed by atoms with van der Waals surface area (Å²) in [6.07, 6.45) is -5.07. The van der Waals surface area contributed by atoms with Crippen LogP contribution in [0.1, 0.15) is 10.4 Å². The number of hydrogen-bond donors (Lipinski definition) is 2. The summed E-state index contributed by atoms with van der Waals surface area (Å²) in [6.45, 7) is -0.655. The van der Waals surface area contributed by atoms with E-state index in [9.17, 15) is 27.6 Å². The Morgan fingerprint density at radius 3 is 2.25 bits per heavy atom. The number of anilines is 2. The van der Waals surface area contributed by atoms with Gasteiger partial charge in [0.25, 0.3) is 5.91 Å². The molecule has 0 heterocycles. The van der Waals surface area contributed by atoms with Gasteiger partial charge in [-0.3, -0.25) is 9.59 Å². The van der Waals surface area contributed by atoms with Gasteiger partial charge in [-0.05, 0) is 36.4 Å². The van der Waals surface area contributed by atoms with Gasteiger partial charge in [-0.1, -0.05) is 29.3 Å². The lowest BCUT2D eigenvalue weighted by atomic mass is 10.2. The lowest BCUT2D eigenvalue weighted by molar-refractivity contribution is -0.167. The Morgan fingerprint density at radius 1 is 0.929 bits per heavy atom. The van der Waals surface area contributed by atoms with Crippen molar-refractivity contribution in [1.82, 2.24) is 0 Å². The second kappa shape index (κ2) is 8.94. The Kier molecular flexibility index (Phi) is 6.87. The van der Waals surface area contributed by atoms with Crippen molar-refractivity contribution in [3.8, 4) is 0 Å². The molecule has 0 radical (unpaired) electrons. The smallest absolute Gasteiger partial charge is 0.452 e. The number of rotatable bonds is 5. The van der Waals surface area contributed by atoms with Crippen LogP contribution in [0.4, 0.5) is 24.5 Å². The third kappa shape index (κ3) is 6.14. The van der Waals surface area contributed by atoms with E-state index in [2.05, 4.69) is 5.32 Å². The molecular formula is C17H11Cl2F3N2O4. The number of nitrogens with one attached hydrogen (secondary N) is 2. The molecule has 0 aromatic heterocycles. The minimum Gasteiger partial charge on any atom is -0.452 e. The molecule has 2 rings (SSSR count). The van der Waals surface area contributed by atoms with Crippen molar-refractivity contribution in [2.75, 3.05) is 17.2 Å². The topological polar surface area (TPSA) is 84.5 Å². The molecule has 0 saturated carbocycles. The van der Waals surface area contributed by atoms with Crippen LogP contribution in [0.5, 0.6) is 0 Å². The number of alkyl halides is 3. The van der Waals surface area contributed by atoms with Crippen LogP contribution in [0.3, 0.4) is 0 Å². The molecule has 0 aliphatic carbocycles. The maximum atomic E-state index is 12.3. The van der Waals surface area contributed by atoms with Crippen molar-refractivity contribution in [1.29, 1.82) is 0 Å². The Morgan fingerprint density at radius 2 is 1.61 bits per heavy atom. The van der Waals surface area contributed by atoms with E-state index < -0.39 is 30.6 Å². The van der Waals surface area contributed by atoms with Gasteiger partial charge in [0.1, 0.15) is 0 Å². The van der Waals surface area contributed by atoms with Crippen molar-refractivity contribution < 1.29 is 32.3 Å². The molecule has 0 aliphatic rings. The van der Waals surface area contributed by atoms with E-state index in [1.807, 2.05) is 0 Å². The van der Waals surface area contributed by atoms with Gasteiger partial charge < -0.3 is 15.4 Å². The maximum absolute atomic E-state index is 12.3.